The summed E-state index contributed by atoms with van der Waals surface area (Å²) < 4.78 is 10.5. The normalized spacial score (nSPS) is 10.8. The Morgan fingerprint density at radius 3 is 2.04 bits per heavy atom. The molecular formula is C18H17NO5. The van der Waals surface area contributed by atoms with E-state index in [1.165, 1.54) is 20.3 Å². The molecule has 24 heavy (non-hydrogen) atoms. The smallest absolute Gasteiger partial charge is 0.352 e. The first-order valence-corrected chi connectivity index (χ1v) is 7.09. The van der Waals surface area contributed by atoms with Gasteiger partial charge in [0.05, 0.1) is 19.8 Å². The molecule has 0 saturated carbocycles. The summed E-state index contributed by atoms with van der Waals surface area (Å²) in [6, 6.07) is 13.4. The summed E-state index contributed by atoms with van der Waals surface area (Å²) in [5, 5.41) is 11.8. The highest BCUT2D eigenvalue weighted by Crippen LogP contribution is 2.30. The van der Waals surface area contributed by atoms with Gasteiger partial charge in [0.25, 0.3) is 5.91 Å². The average molecular weight is 327 g/mol. The highest BCUT2D eigenvalue weighted by atomic mass is 16.5. The Morgan fingerprint density at radius 1 is 0.958 bits per heavy atom. The number of hydrogen-bond donors (Lipinski definition) is 2. The topological polar surface area (TPSA) is 84.9 Å². The fraction of sp³-hybridized carbons (Fsp3) is 0.111. The number of amides is 1. The summed E-state index contributed by atoms with van der Waals surface area (Å²) in [6.07, 6.45) is 1.31. The molecule has 6 nitrogen and oxygen atoms in total. The van der Waals surface area contributed by atoms with Crippen LogP contribution in [-0.4, -0.2) is 31.2 Å². The number of rotatable bonds is 6. The van der Waals surface area contributed by atoms with Gasteiger partial charge in [-0.3, -0.25) is 4.79 Å². The van der Waals surface area contributed by atoms with Crippen LogP contribution in [0.2, 0.25) is 0 Å². The lowest BCUT2D eigenvalue weighted by Crippen LogP contribution is -2.27. The van der Waals surface area contributed by atoms with Crippen molar-refractivity contribution in [3.8, 4) is 11.5 Å². The lowest BCUT2D eigenvalue weighted by atomic mass is 10.1. The summed E-state index contributed by atoms with van der Waals surface area (Å²) in [6.45, 7) is 0. The number of hydrogen-bond acceptors (Lipinski definition) is 4. The minimum Gasteiger partial charge on any atom is -0.496 e. The van der Waals surface area contributed by atoms with Gasteiger partial charge >= 0.3 is 5.97 Å². The molecule has 2 rings (SSSR count). The van der Waals surface area contributed by atoms with Crippen LogP contribution < -0.4 is 14.8 Å². The Kier molecular flexibility index (Phi) is 5.57. The van der Waals surface area contributed by atoms with E-state index in [0.717, 1.165) is 0 Å². The van der Waals surface area contributed by atoms with Crippen LogP contribution in [0.15, 0.2) is 54.2 Å². The number of carboxylic acids is 1. The molecule has 0 aliphatic carbocycles. The van der Waals surface area contributed by atoms with E-state index in [2.05, 4.69) is 5.32 Å². The van der Waals surface area contributed by atoms with Gasteiger partial charge in [0.2, 0.25) is 0 Å². The summed E-state index contributed by atoms with van der Waals surface area (Å²) >= 11 is 0. The summed E-state index contributed by atoms with van der Waals surface area (Å²) in [5.41, 5.74) is 0.497. The van der Waals surface area contributed by atoms with E-state index in [-0.39, 0.29) is 5.70 Å². The van der Waals surface area contributed by atoms with Crippen LogP contribution >= 0.6 is 0 Å². The third kappa shape index (κ3) is 3.92. The molecule has 0 fully saturated rings. The quantitative estimate of drug-likeness (QED) is 0.797. The van der Waals surface area contributed by atoms with Crippen molar-refractivity contribution < 1.29 is 24.2 Å². The Labute approximate surface area is 139 Å². The summed E-state index contributed by atoms with van der Waals surface area (Å²) in [7, 11) is 2.93. The maximum absolute atomic E-state index is 12.2. The summed E-state index contributed by atoms with van der Waals surface area (Å²) in [5.74, 6) is -0.922. The molecule has 1 amide bonds. The van der Waals surface area contributed by atoms with E-state index >= 15 is 0 Å². The number of methoxy groups -OCH3 is 2. The maximum atomic E-state index is 12.2. The molecule has 0 radical (unpaired) electrons. The van der Waals surface area contributed by atoms with Crippen LogP contribution in [0.1, 0.15) is 15.9 Å². The highest BCUT2D eigenvalue weighted by Gasteiger charge is 2.16. The third-order valence-corrected chi connectivity index (χ3v) is 3.27. The molecular weight excluding hydrogens is 310 g/mol. The SMILES string of the molecule is COc1cccc(OC)c1C=C(NC(=O)c1ccccc1)C(=O)O. The van der Waals surface area contributed by atoms with Gasteiger partial charge in [0.1, 0.15) is 17.2 Å². The predicted molar refractivity (Wildman–Crippen MR) is 89.1 cm³/mol. The second kappa shape index (κ2) is 7.82. The van der Waals surface area contributed by atoms with E-state index in [4.69, 9.17) is 9.47 Å². The molecule has 0 heterocycles. The molecule has 124 valence electrons. The second-order valence-corrected chi connectivity index (χ2v) is 4.76. The van der Waals surface area contributed by atoms with Crippen LogP contribution in [0.3, 0.4) is 0 Å². The fourth-order valence-electron chi connectivity index (χ4n) is 2.10. The zero-order valence-corrected chi connectivity index (χ0v) is 13.3. The molecule has 0 aromatic heterocycles. The van der Waals surface area contributed by atoms with Gasteiger partial charge in [-0.2, -0.15) is 0 Å². The number of carboxylic acid groups (broad SMARTS) is 1. The molecule has 0 unspecified atom stereocenters. The van der Waals surface area contributed by atoms with Crippen molar-refractivity contribution in [2.75, 3.05) is 14.2 Å². The standard InChI is InChI=1S/C18H17NO5/c1-23-15-9-6-10-16(24-2)13(15)11-14(18(21)22)19-17(20)12-7-4-3-5-8-12/h3-11H,1-2H3,(H,19,20)(H,21,22). The van der Waals surface area contributed by atoms with Crippen molar-refractivity contribution in [1.29, 1.82) is 0 Å². The number of nitrogens with one attached hydrogen (secondary N) is 1. The van der Waals surface area contributed by atoms with Crippen LogP contribution in [0, 0.1) is 0 Å². The van der Waals surface area contributed by atoms with Crippen molar-refractivity contribution >= 4 is 18.0 Å². The van der Waals surface area contributed by atoms with Crippen molar-refractivity contribution in [3.63, 3.8) is 0 Å². The third-order valence-electron chi connectivity index (χ3n) is 3.27. The first-order chi connectivity index (χ1) is 11.6. The Balaban J connectivity index is 2.40. The van der Waals surface area contributed by atoms with Gasteiger partial charge in [-0.15, -0.1) is 0 Å². The molecule has 0 bridgehead atoms. The van der Waals surface area contributed by atoms with Crippen LogP contribution in [0.4, 0.5) is 0 Å². The molecule has 0 aliphatic rings. The van der Waals surface area contributed by atoms with Gasteiger partial charge in [0, 0.05) is 5.56 Å². The van der Waals surface area contributed by atoms with Gasteiger partial charge in [0.15, 0.2) is 0 Å². The second-order valence-electron chi connectivity index (χ2n) is 4.76. The monoisotopic (exact) mass is 327 g/mol. The predicted octanol–water partition coefficient (Wildman–Crippen LogP) is 2.56. The lowest BCUT2D eigenvalue weighted by molar-refractivity contribution is -0.132. The van der Waals surface area contributed by atoms with Gasteiger partial charge in [-0.05, 0) is 30.3 Å². The van der Waals surface area contributed by atoms with Gasteiger partial charge in [-0.1, -0.05) is 24.3 Å². The fourth-order valence-corrected chi connectivity index (χ4v) is 2.10. The van der Waals surface area contributed by atoms with Gasteiger partial charge in [-0.25, -0.2) is 4.79 Å². The Bertz CT molecular complexity index is 746. The van der Waals surface area contributed by atoms with E-state index in [1.807, 2.05) is 0 Å². The van der Waals surface area contributed by atoms with Crippen molar-refractivity contribution in [1.82, 2.24) is 5.32 Å². The Hall–Kier alpha value is -3.28. The molecule has 0 spiro atoms. The van der Waals surface area contributed by atoms with Crippen molar-refractivity contribution in [2.45, 2.75) is 0 Å². The largest absolute Gasteiger partial charge is 0.496 e. The first kappa shape index (κ1) is 17.1. The zero-order chi connectivity index (χ0) is 17.5. The zero-order valence-electron chi connectivity index (χ0n) is 13.3. The van der Waals surface area contributed by atoms with Crippen molar-refractivity contribution in [3.05, 3.63) is 65.4 Å². The minimum absolute atomic E-state index is 0.286. The first-order valence-electron chi connectivity index (χ1n) is 7.09. The van der Waals surface area contributed by atoms with E-state index in [0.29, 0.717) is 22.6 Å². The number of carbonyl (C=O) groups is 2. The molecule has 6 heteroatoms. The minimum atomic E-state index is -1.27. The van der Waals surface area contributed by atoms with Crippen LogP contribution in [0.25, 0.3) is 6.08 Å². The molecule has 2 aromatic rings. The molecule has 2 aromatic carbocycles. The lowest BCUT2D eigenvalue weighted by Gasteiger charge is -2.12. The van der Waals surface area contributed by atoms with Crippen LogP contribution in [-0.2, 0) is 4.79 Å². The molecule has 0 atom stereocenters. The molecule has 0 aliphatic heterocycles. The summed E-state index contributed by atoms with van der Waals surface area (Å²) in [4.78, 5) is 23.7. The van der Waals surface area contributed by atoms with E-state index in [9.17, 15) is 14.7 Å². The number of carbonyl (C=O) groups excluding carboxylic acids is 1. The molecule has 0 saturated heterocycles. The van der Waals surface area contributed by atoms with Crippen molar-refractivity contribution in [2.24, 2.45) is 0 Å². The maximum Gasteiger partial charge on any atom is 0.352 e. The number of ether oxygens (including phenoxy) is 2. The Morgan fingerprint density at radius 2 is 1.54 bits per heavy atom. The molecule has 2 N–H and O–H groups in total. The number of aliphatic carboxylic acids is 1. The number of benzene rings is 2. The van der Waals surface area contributed by atoms with E-state index < -0.39 is 11.9 Å². The average Bonchev–Trinajstić information content (AvgIpc) is 2.61. The van der Waals surface area contributed by atoms with E-state index in [1.54, 1.807) is 48.5 Å². The van der Waals surface area contributed by atoms with Gasteiger partial charge < -0.3 is 19.9 Å². The van der Waals surface area contributed by atoms with Crippen LogP contribution in [0.5, 0.6) is 11.5 Å². The highest BCUT2D eigenvalue weighted by molar-refractivity contribution is 6.03.